The second-order valence-corrected chi connectivity index (χ2v) is 35.3. The molecule has 672 valence electrons. The number of nitrogens with zero attached hydrogens (tertiary/aromatic N) is 4. The summed E-state index contributed by atoms with van der Waals surface area (Å²) in [5.74, 6) is -3.51. The van der Waals surface area contributed by atoms with Crippen LogP contribution in [0.5, 0.6) is 0 Å². The van der Waals surface area contributed by atoms with Gasteiger partial charge in [-0.05, 0) is 0 Å². The van der Waals surface area contributed by atoms with E-state index in [1.165, 1.54) is 27.7 Å². The highest BCUT2D eigenvalue weighted by molar-refractivity contribution is 7.47. The predicted octanol–water partition coefficient (Wildman–Crippen LogP) is -8.00. The van der Waals surface area contributed by atoms with E-state index in [4.69, 9.17) is 20.4 Å². The number of aliphatic hydroxyl groups excluding tert-OH is 10. The molecule has 0 bridgehead atoms. The molecule has 0 saturated heterocycles. The number of carbonyl (C=O) groups excluding carboxylic acids is 6. The molecule has 0 fully saturated rings. The van der Waals surface area contributed by atoms with Gasteiger partial charge in [-0.2, -0.15) is 0 Å². The molecule has 0 heterocycles. The molecule has 0 aliphatic heterocycles. The summed E-state index contributed by atoms with van der Waals surface area (Å²) in [5.41, 5.74) is 0. The summed E-state index contributed by atoms with van der Waals surface area (Å²) in [4.78, 5) is 130. The highest BCUT2D eigenvalue weighted by Gasteiger charge is 2.23. The van der Waals surface area contributed by atoms with Crippen molar-refractivity contribution in [2.45, 2.75) is 90.4 Å². The third-order valence-electron chi connectivity index (χ3n) is 10.7. The van der Waals surface area contributed by atoms with Crippen LogP contribution < -0.4 is 29.4 Å². The Morgan fingerprint density at radius 2 is 0.357 bits per heavy atom. The van der Waals surface area contributed by atoms with Gasteiger partial charge in [-0.1, -0.05) is 0 Å². The number of hydrogen-bond donors (Lipinski definition) is 10. The molecule has 0 saturated carbocycles. The average Bonchev–Trinajstić information content (AvgIpc) is 0.963. The average molecular weight is 1770 g/mol. The Morgan fingerprint density at radius 1 is 0.241 bits per heavy atom. The van der Waals surface area contributed by atoms with Crippen molar-refractivity contribution in [3.05, 3.63) is 0 Å². The summed E-state index contributed by atoms with van der Waals surface area (Å²) in [5, 5.41) is 90.1. The first-order valence-corrected chi connectivity index (χ1v) is 41.7. The first-order valence-electron chi connectivity index (χ1n) is 32.9. The number of esters is 6. The molecular weight excluding hydrogens is 1650 g/mol. The Balaban J connectivity index is -0.000000301. The molecule has 14 unspecified atom stereocenters. The van der Waals surface area contributed by atoms with E-state index in [-0.39, 0.29) is 52.9 Å². The van der Waals surface area contributed by atoms with E-state index in [1.807, 2.05) is 84.6 Å². The fraction of sp³-hybridized carbons (Fsp3) is 0.893. The van der Waals surface area contributed by atoms with Crippen LogP contribution in [-0.4, -0.2) is 397 Å². The molecule has 0 spiro atoms. The van der Waals surface area contributed by atoms with Crippen LogP contribution in [0.15, 0.2) is 0 Å². The van der Waals surface area contributed by atoms with Crippen molar-refractivity contribution in [2.75, 3.05) is 243 Å². The van der Waals surface area contributed by atoms with Crippen molar-refractivity contribution in [1.29, 1.82) is 0 Å². The lowest BCUT2D eigenvalue weighted by Crippen LogP contribution is -2.37. The molecule has 0 aromatic carbocycles. The summed E-state index contributed by atoms with van der Waals surface area (Å²) < 4.78 is 150. The molecule has 0 aliphatic carbocycles. The van der Waals surface area contributed by atoms with Crippen molar-refractivity contribution in [3.63, 3.8) is 0 Å². The molecular formula is C56H120N4O46P6-2. The quantitative estimate of drug-likeness (QED) is 0.0117. The van der Waals surface area contributed by atoms with Crippen LogP contribution in [-0.2, 0) is 139 Å². The fourth-order valence-electron chi connectivity index (χ4n) is 5.02. The molecule has 0 aromatic heterocycles. The molecule has 0 radical (unpaired) electrons. The normalized spacial score (nSPS) is 17.1. The van der Waals surface area contributed by atoms with Crippen LogP contribution in [0.4, 0.5) is 0 Å². The second-order valence-electron chi connectivity index (χ2n) is 26.8. The highest BCUT2D eigenvalue weighted by Crippen LogP contribution is 2.42. The molecule has 14 atom stereocenters. The smallest absolute Gasteiger partial charge is 0.302 e. The van der Waals surface area contributed by atoms with E-state index in [0.29, 0.717) is 44.1 Å². The number of phosphoric acid groups is 6. The second kappa shape index (κ2) is 62.1. The standard InChI is InChI=1S/4C10H22NO7P.2C8H17O9P/c4*1-9(12)16-7-10(13)8-18-19(14,15)17-6-5-11(2,3)4;2*1-6(10)15-3-8(12)5-17-18(13,14)16-4-7(11)2-9/h4*10,13H,5-8H2,1-4H3;2*7-9,11-12H,2-5H2,1H3,(H,13,14)/p-2. The number of phosphoric ester groups is 6. The Bertz CT molecular complexity index is 2550. The number of hydrogen-bond acceptors (Lipinski definition) is 46. The van der Waals surface area contributed by atoms with Crippen LogP contribution in [0.1, 0.15) is 41.5 Å². The largest absolute Gasteiger partial charge is 0.756 e. The molecule has 0 aromatic rings. The Labute approximate surface area is 651 Å². The lowest BCUT2D eigenvalue weighted by atomic mass is 10.4. The maximum atomic E-state index is 11.3. The first-order chi connectivity index (χ1) is 50.6. The zero-order chi connectivity index (χ0) is 88.8. The first kappa shape index (κ1) is 120. The van der Waals surface area contributed by atoms with E-state index >= 15 is 0 Å². The van der Waals surface area contributed by atoms with E-state index in [1.54, 1.807) is 0 Å². The van der Waals surface area contributed by atoms with Crippen LogP contribution in [0.2, 0.25) is 0 Å². The van der Waals surface area contributed by atoms with Crippen molar-refractivity contribution in [2.24, 2.45) is 0 Å². The maximum absolute atomic E-state index is 11.3. The van der Waals surface area contributed by atoms with E-state index in [0.717, 1.165) is 13.8 Å². The van der Waals surface area contributed by atoms with E-state index in [9.17, 15) is 116 Å². The van der Waals surface area contributed by atoms with Crippen LogP contribution in [0, 0.1) is 0 Å². The molecule has 56 heteroatoms. The number of quaternary nitrogens is 4. The van der Waals surface area contributed by atoms with Gasteiger partial charge in [0.2, 0.25) is 0 Å². The van der Waals surface area contributed by atoms with Crippen molar-refractivity contribution in [1.82, 2.24) is 0 Å². The van der Waals surface area contributed by atoms with Crippen LogP contribution in [0.25, 0.3) is 0 Å². The van der Waals surface area contributed by atoms with Gasteiger partial charge >= 0.3 is 35.8 Å². The topological polar surface area (TPSA) is 712 Å². The number of carbonyl (C=O) groups is 6. The minimum absolute atomic E-state index is 0.00960. The number of likely N-dealkylation sites (N-methyl/N-ethyl adjacent to an activating group) is 4. The van der Waals surface area contributed by atoms with Gasteiger partial charge in [-0.3, -0.25) is 56.2 Å². The van der Waals surface area contributed by atoms with Gasteiger partial charge in [0.15, 0.2) is 0 Å². The monoisotopic (exact) mass is 1770 g/mol. The van der Waals surface area contributed by atoms with Crippen LogP contribution in [0.3, 0.4) is 0 Å². The molecule has 0 rings (SSSR count). The molecule has 0 aliphatic rings. The Hall–Kier alpha value is -3.08. The summed E-state index contributed by atoms with van der Waals surface area (Å²) >= 11 is 0. The molecule has 10 N–H and O–H groups in total. The van der Waals surface area contributed by atoms with Crippen molar-refractivity contribution < 1.29 is 237 Å². The summed E-state index contributed by atoms with van der Waals surface area (Å²) in [6.07, 6.45) is -10.2. The lowest BCUT2D eigenvalue weighted by Gasteiger charge is -2.27. The van der Waals surface area contributed by atoms with E-state index in [2.05, 4.69) is 82.7 Å². The number of rotatable bonds is 54. The SMILES string of the molecule is CC(=O)OCC(O)COP(=O)([O-])OCC(O)CO.CC(=O)OCC(O)COP(=O)([O-])OCC(O)CO.CC(=O)OCC(O)COP(=O)([O-])OCC[N+](C)(C)C.CC(=O)OCC(O)COP(=O)([O-])OCC[N+](C)(C)C.CC(=O)OCC(O)COP(=O)([O-])OCC[N+](C)(C)C.CC(=O)OCC(O)COP(=O)([O-])OCC[N+](C)(C)C. The zero-order valence-electron chi connectivity index (χ0n) is 66.2. The van der Waals surface area contributed by atoms with Crippen molar-refractivity contribution in [3.8, 4) is 0 Å². The number of ether oxygens (including phenoxy) is 6. The summed E-state index contributed by atoms with van der Waals surface area (Å²) in [6, 6.07) is 0. The predicted molar refractivity (Wildman–Crippen MR) is 371 cm³/mol. The van der Waals surface area contributed by atoms with Gasteiger partial charge < -0.3 is 181 Å². The molecule has 50 nitrogen and oxygen atoms in total. The molecule has 0 amide bonds. The van der Waals surface area contributed by atoms with Gasteiger partial charge in [-0.15, -0.1) is 0 Å². The fourth-order valence-corrected chi connectivity index (χ4v) is 9.53. The number of aliphatic hydroxyl groups is 10. The van der Waals surface area contributed by atoms with Gasteiger partial charge in [0.25, 0.3) is 46.9 Å². The maximum Gasteiger partial charge on any atom is 0.302 e. The third-order valence-corrected chi connectivity index (χ3v) is 16.5. The zero-order valence-corrected chi connectivity index (χ0v) is 71.6. The van der Waals surface area contributed by atoms with Gasteiger partial charge in [0.05, 0.1) is 151 Å². The lowest BCUT2D eigenvalue weighted by molar-refractivity contribution is -0.870. The highest BCUT2D eigenvalue weighted by atomic mass is 31.2. The Morgan fingerprint density at radius 3 is 0.464 bits per heavy atom. The summed E-state index contributed by atoms with van der Waals surface area (Å²) in [7, 11) is -4.43. The van der Waals surface area contributed by atoms with Gasteiger partial charge in [-0.25, -0.2) is 0 Å². The minimum Gasteiger partial charge on any atom is -0.756 e. The molecule has 112 heavy (non-hydrogen) atoms. The minimum atomic E-state index is -4.68. The van der Waals surface area contributed by atoms with Gasteiger partial charge in [0, 0.05) is 41.5 Å². The summed E-state index contributed by atoms with van der Waals surface area (Å²) in [6.45, 7) is 0.807. The van der Waals surface area contributed by atoms with Crippen LogP contribution >= 0.6 is 46.9 Å². The third kappa shape index (κ3) is 97.5. The van der Waals surface area contributed by atoms with E-state index < -0.39 is 211 Å². The Kier molecular flexibility index (Phi) is 66.4. The van der Waals surface area contributed by atoms with Crippen molar-refractivity contribution >= 4 is 82.8 Å². The van der Waals surface area contributed by atoms with Gasteiger partial charge in [0.1, 0.15) is 141 Å².